The lowest BCUT2D eigenvalue weighted by Crippen LogP contribution is -2.36. The molecular weight excluding hydrogens is 1040 g/mol. The maximum absolute atomic E-state index is 12.9. The Balaban J connectivity index is 1.77. The maximum atomic E-state index is 12.9. The minimum atomic E-state index is -5.45. The minimum Gasteiger partial charge on any atom is -0.462 e. The molecular formula is C57H99N3O16P2. The van der Waals surface area contributed by atoms with Gasteiger partial charge in [0.25, 0.3) is 0 Å². The van der Waals surface area contributed by atoms with E-state index < -0.39 is 89.8 Å². The molecule has 0 saturated carbocycles. The quantitative estimate of drug-likeness (QED) is 0.0116. The average molecular weight is 1140 g/mol. The molecule has 1 aromatic rings. The molecule has 0 spiro atoms. The Morgan fingerprint density at radius 3 is 1.92 bits per heavy atom. The van der Waals surface area contributed by atoms with Crippen LogP contribution in [0.4, 0.5) is 5.82 Å². The highest BCUT2D eigenvalue weighted by atomic mass is 31.3. The van der Waals surface area contributed by atoms with Gasteiger partial charge in [-0.2, -0.15) is 9.29 Å². The van der Waals surface area contributed by atoms with E-state index in [4.69, 9.17) is 29.0 Å². The molecule has 2 rings (SSSR count). The molecule has 0 amide bonds. The number of carbonyl (C=O) groups excluding carboxylic acids is 2. The zero-order chi connectivity index (χ0) is 57.3. The molecule has 0 aliphatic carbocycles. The summed E-state index contributed by atoms with van der Waals surface area (Å²) in [7, 11) is -10.9. The van der Waals surface area contributed by atoms with Crippen molar-refractivity contribution in [3.05, 3.63) is 71.4 Å². The molecule has 0 radical (unpaired) electrons. The number of nitrogen functional groups attached to an aromatic ring is 1. The SMILES string of the molecule is CCCCC/C=C\C=C/[C@@H](O)C/C=C\C/C=C/CCCC(=O)OC[C@H](COP(=O)(O)OP(=O)(O)OC[C@H]1O[C@@H](n2ccc(N)nc2=O)[C@H](O)[C@@H]1O)OC(=O)CCCCCCCCCCCCCCCCCCCCC(C)CC. The number of nitrogens with two attached hydrogens (primary N) is 1. The highest BCUT2D eigenvalue weighted by Crippen LogP contribution is 2.60. The van der Waals surface area contributed by atoms with Crippen molar-refractivity contribution in [2.45, 2.75) is 250 Å². The second kappa shape index (κ2) is 43.4. The van der Waals surface area contributed by atoms with E-state index in [1.165, 1.54) is 115 Å². The predicted octanol–water partition coefficient (Wildman–Crippen LogP) is 12.1. The van der Waals surface area contributed by atoms with Crippen LogP contribution in [-0.4, -0.2) is 96.9 Å². The first kappa shape index (κ1) is 70.8. The van der Waals surface area contributed by atoms with Gasteiger partial charge in [-0.05, 0) is 56.9 Å². The number of unbranched alkanes of at least 4 members (excludes halogenated alkanes) is 21. The molecule has 1 aliphatic rings. The van der Waals surface area contributed by atoms with Crippen LogP contribution in [0.15, 0.2) is 65.7 Å². The van der Waals surface area contributed by atoms with E-state index in [0.29, 0.717) is 32.1 Å². The smallest absolute Gasteiger partial charge is 0.462 e. The summed E-state index contributed by atoms with van der Waals surface area (Å²) in [6, 6.07) is 1.24. The van der Waals surface area contributed by atoms with Gasteiger partial charge in [-0.25, -0.2) is 13.9 Å². The van der Waals surface area contributed by atoms with Crippen molar-refractivity contribution >= 4 is 33.4 Å². The molecule has 9 atom stereocenters. The van der Waals surface area contributed by atoms with Crippen molar-refractivity contribution in [3.63, 3.8) is 0 Å². The highest BCUT2D eigenvalue weighted by molar-refractivity contribution is 7.61. The molecule has 2 heterocycles. The van der Waals surface area contributed by atoms with E-state index in [2.05, 4.69) is 36.1 Å². The third-order valence-electron chi connectivity index (χ3n) is 13.5. The van der Waals surface area contributed by atoms with Gasteiger partial charge in [0.1, 0.15) is 30.7 Å². The van der Waals surface area contributed by atoms with Crippen LogP contribution in [0.1, 0.15) is 220 Å². The fraction of sp³-hybridized carbons (Fsp3) is 0.754. The minimum absolute atomic E-state index is 0.0176. The first-order valence-electron chi connectivity index (χ1n) is 29.2. The van der Waals surface area contributed by atoms with Crippen LogP contribution >= 0.6 is 15.6 Å². The summed E-state index contributed by atoms with van der Waals surface area (Å²) in [6.45, 7) is 4.40. The number of hydrogen-bond acceptors (Lipinski definition) is 16. The lowest BCUT2D eigenvalue weighted by Gasteiger charge is -2.21. The molecule has 1 fully saturated rings. The van der Waals surface area contributed by atoms with Gasteiger partial charge in [0, 0.05) is 19.0 Å². The van der Waals surface area contributed by atoms with Crippen molar-refractivity contribution in [1.29, 1.82) is 0 Å². The molecule has 78 heavy (non-hydrogen) atoms. The molecule has 0 bridgehead atoms. The molecule has 1 aliphatic heterocycles. The third-order valence-corrected chi connectivity index (χ3v) is 16.1. The van der Waals surface area contributed by atoms with E-state index in [0.717, 1.165) is 55.2 Å². The number of rotatable bonds is 48. The summed E-state index contributed by atoms with van der Waals surface area (Å²) in [5.74, 6) is -0.535. The second-order valence-corrected chi connectivity index (χ2v) is 23.6. The largest absolute Gasteiger partial charge is 0.481 e. The van der Waals surface area contributed by atoms with Gasteiger partial charge >= 0.3 is 33.3 Å². The van der Waals surface area contributed by atoms with Crippen LogP contribution in [0.2, 0.25) is 0 Å². The molecule has 448 valence electrons. The van der Waals surface area contributed by atoms with Crippen LogP contribution in [0.25, 0.3) is 0 Å². The van der Waals surface area contributed by atoms with E-state index in [1.54, 1.807) is 6.08 Å². The number of aliphatic hydroxyl groups is 3. The lowest BCUT2D eigenvalue weighted by molar-refractivity contribution is -0.161. The first-order valence-corrected chi connectivity index (χ1v) is 32.1. The van der Waals surface area contributed by atoms with Gasteiger partial charge in [-0.1, -0.05) is 204 Å². The van der Waals surface area contributed by atoms with Crippen LogP contribution in [0, 0.1) is 5.92 Å². The molecule has 7 N–H and O–H groups in total. The molecule has 21 heteroatoms. The molecule has 1 saturated heterocycles. The van der Waals surface area contributed by atoms with Crippen molar-refractivity contribution in [2.75, 3.05) is 25.6 Å². The monoisotopic (exact) mass is 1140 g/mol. The van der Waals surface area contributed by atoms with Gasteiger partial charge < -0.3 is 45.1 Å². The molecule has 19 nitrogen and oxygen atoms in total. The Bertz CT molecular complexity index is 2030. The van der Waals surface area contributed by atoms with Gasteiger partial charge in [-0.3, -0.25) is 23.2 Å². The fourth-order valence-corrected chi connectivity index (χ4v) is 10.7. The van der Waals surface area contributed by atoms with Crippen molar-refractivity contribution in [3.8, 4) is 0 Å². The summed E-state index contributed by atoms with van der Waals surface area (Å²) in [5, 5.41) is 31.1. The zero-order valence-electron chi connectivity index (χ0n) is 47.2. The lowest BCUT2D eigenvalue weighted by atomic mass is 9.99. The number of aliphatic hydroxyl groups excluding tert-OH is 3. The van der Waals surface area contributed by atoms with Crippen molar-refractivity contribution < 1.29 is 71.4 Å². The molecule has 3 unspecified atom stereocenters. The fourth-order valence-electron chi connectivity index (χ4n) is 8.60. The standard InChI is InChI=1S/C57H99N3O16P2/c1-4-6-7-8-22-28-33-38-48(61)39-34-29-24-21-26-30-35-40-52(62)71-44-49(74-53(63)41-36-31-25-20-18-16-14-12-10-9-11-13-15-17-19-23-27-32-37-47(3)5-2)45-72-77(67,68)76-78(69,70)73-46-50-54(64)55(65)56(75-50)60-43-42-51(58)59-57(60)66/h21-22,26,28-29,33-34,38,42-43,47-50,54-56,61,64-65H,4-20,23-25,27,30-32,35-37,39-41,44-46H2,1-3H3,(H,67,68)(H,69,70)(H2,58,59,66)/b26-21+,28-22-,34-29-,38-33-/t47?,48-,49-,50-,54-,55-,56-/m1/s1. The summed E-state index contributed by atoms with van der Waals surface area (Å²) in [5.41, 5.74) is 4.59. The summed E-state index contributed by atoms with van der Waals surface area (Å²) >= 11 is 0. The molecule has 1 aromatic heterocycles. The number of aromatic nitrogens is 2. The number of phosphoric acid groups is 2. The number of ether oxygens (including phenoxy) is 3. The predicted molar refractivity (Wildman–Crippen MR) is 304 cm³/mol. The first-order chi connectivity index (χ1) is 37.5. The Hall–Kier alpha value is -3.32. The number of nitrogens with zero attached hydrogens (tertiary/aromatic N) is 2. The van der Waals surface area contributed by atoms with Gasteiger partial charge in [0.05, 0.1) is 19.3 Å². The number of esters is 2. The van der Waals surface area contributed by atoms with Crippen LogP contribution < -0.4 is 11.4 Å². The van der Waals surface area contributed by atoms with E-state index >= 15 is 0 Å². The van der Waals surface area contributed by atoms with Crippen molar-refractivity contribution in [2.24, 2.45) is 5.92 Å². The Kier molecular flexibility index (Phi) is 39.4. The number of phosphoric ester groups is 2. The zero-order valence-corrected chi connectivity index (χ0v) is 49.0. The Morgan fingerprint density at radius 1 is 0.731 bits per heavy atom. The second-order valence-electron chi connectivity index (χ2n) is 20.6. The number of anilines is 1. The Morgan fingerprint density at radius 2 is 1.31 bits per heavy atom. The van der Waals surface area contributed by atoms with Crippen molar-refractivity contribution in [1.82, 2.24) is 9.55 Å². The summed E-state index contributed by atoms with van der Waals surface area (Å²) in [6.07, 6.45) is 39.2. The third kappa shape index (κ3) is 35.4. The number of allylic oxidation sites excluding steroid dienone is 6. The van der Waals surface area contributed by atoms with Gasteiger partial charge in [0.2, 0.25) is 0 Å². The average Bonchev–Trinajstić information content (AvgIpc) is 3.71. The van der Waals surface area contributed by atoms with Crippen LogP contribution in [-0.2, 0) is 46.3 Å². The number of carbonyl (C=O) groups is 2. The van der Waals surface area contributed by atoms with Crippen LogP contribution in [0.5, 0.6) is 0 Å². The van der Waals surface area contributed by atoms with E-state index in [-0.39, 0.29) is 18.7 Å². The van der Waals surface area contributed by atoms with E-state index in [9.17, 15) is 48.6 Å². The number of hydrogen-bond donors (Lipinski definition) is 6. The maximum Gasteiger partial charge on any atom is 0.481 e. The van der Waals surface area contributed by atoms with E-state index in [1.807, 2.05) is 36.5 Å². The van der Waals surface area contributed by atoms with Gasteiger partial charge in [0.15, 0.2) is 12.3 Å². The Labute approximate surface area is 465 Å². The summed E-state index contributed by atoms with van der Waals surface area (Å²) in [4.78, 5) is 62.1. The normalized spacial score (nSPS) is 19.7. The molecule has 0 aromatic carbocycles. The topological polar surface area (TPSA) is 286 Å². The van der Waals surface area contributed by atoms with Crippen LogP contribution in [0.3, 0.4) is 0 Å². The van der Waals surface area contributed by atoms with Gasteiger partial charge in [-0.15, -0.1) is 0 Å². The summed E-state index contributed by atoms with van der Waals surface area (Å²) < 4.78 is 56.9. The highest BCUT2D eigenvalue weighted by Gasteiger charge is 2.46.